The summed E-state index contributed by atoms with van der Waals surface area (Å²) in [5, 5.41) is 6.13. The van der Waals surface area contributed by atoms with Gasteiger partial charge in [-0.25, -0.2) is 4.98 Å². The van der Waals surface area contributed by atoms with Gasteiger partial charge in [-0.1, -0.05) is 6.07 Å². The molecule has 2 N–H and O–H groups in total. The number of hydrogen-bond acceptors (Lipinski definition) is 5. The third-order valence-electron chi connectivity index (χ3n) is 3.96. The lowest BCUT2D eigenvalue weighted by molar-refractivity contribution is -0.129. The number of morpholine rings is 1. The van der Waals surface area contributed by atoms with E-state index in [0.717, 1.165) is 24.5 Å². The first-order valence-electron chi connectivity index (χ1n) is 7.98. The lowest BCUT2D eigenvalue weighted by Crippen LogP contribution is -2.55. The van der Waals surface area contributed by atoms with Gasteiger partial charge in [0.15, 0.2) is 0 Å². The minimum Gasteiger partial charge on any atom is -0.375 e. The van der Waals surface area contributed by atoms with Crippen LogP contribution in [0.15, 0.2) is 18.3 Å². The second-order valence-electron chi connectivity index (χ2n) is 5.42. The Morgan fingerprint density at radius 3 is 2.62 bits per heavy atom. The Bertz CT molecular complexity index is 483. The number of rotatable bonds is 6. The van der Waals surface area contributed by atoms with Crippen molar-refractivity contribution in [1.82, 2.24) is 15.6 Å². The van der Waals surface area contributed by atoms with Crippen molar-refractivity contribution < 1.29 is 9.53 Å². The molecule has 0 aliphatic carbocycles. The Labute approximate surface area is 156 Å². The van der Waals surface area contributed by atoms with Crippen molar-refractivity contribution in [3.05, 3.63) is 23.9 Å². The summed E-state index contributed by atoms with van der Waals surface area (Å²) >= 11 is 0. The van der Waals surface area contributed by atoms with Gasteiger partial charge in [-0.3, -0.25) is 4.79 Å². The summed E-state index contributed by atoms with van der Waals surface area (Å²) in [5.74, 6) is 0.941. The van der Waals surface area contributed by atoms with Crippen LogP contribution in [0.1, 0.15) is 26.3 Å². The Kier molecular flexibility index (Phi) is 11.0. The highest BCUT2D eigenvalue weighted by atomic mass is 35.5. The molecule has 1 aliphatic heterocycles. The molecule has 1 saturated heterocycles. The standard InChI is InChI=1S/C16H26N4O2.2ClH/c1-4-20(5-2)14-7-6-13(10-18-14)11-19-16(21)15-12(3)22-9-8-17-15;;/h6-7,10,12,15,17H,4-5,8-9,11H2,1-3H3,(H,19,21);2*1H/t12-,15+;;/m1../s1. The van der Waals surface area contributed by atoms with Crippen LogP contribution >= 0.6 is 24.8 Å². The summed E-state index contributed by atoms with van der Waals surface area (Å²) in [4.78, 5) is 18.8. The summed E-state index contributed by atoms with van der Waals surface area (Å²) in [7, 11) is 0. The van der Waals surface area contributed by atoms with Crippen LogP contribution in [0.2, 0.25) is 0 Å². The molecule has 1 fully saturated rings. The monoisotopic (exact) mass is 378 g/mol. The van der Waals surface area contributed by atoms with Crippen molar-refractivity contribution in [1.29, 1.82) is 0 Å². The van der Waals surface area contributed by atoms with Gasteiger partial charge in [-0.2, -0.15) is 0 Å². The Hall–Kier alpha value is -1.08. The first-order chi connectivity index (χ1) is 10.7. The Morgan fingerprint density at radius 1 is 1.38 bits per heavy atom. The molecular weight excluding hydrogens is 351 g/mol. The third kappa shape index (κ3) is 6.09. The number of carbonyl (C=O) groups is 1. The van der Waals surface area contributed by atoms with E-state index in [1.807, 2.05) is 25.3 Å². The van der Waals surface area contributed by atoms with Crippen LogP contribution in [0.3, 0.4) is 0 Å². The van der Waals surface area contributed by atoms with Gasteiger partial charge in [-0.05, 0) is 32.4 Å². The quantitative estimate of drug-likeness (QED) is 0.789. The summed E-state index contributed by atoms with van der Waals surface area (Å²) in [6.45, 7) is 9.85. The van der Waals surface area contributed by atoms with Crippen LogP contribution in [0, 0.1) is 0 Å². The molecule has 2 atom stereocenters. The van der Waals surface area contributed by atoms with Gasteiger partial charge in [0.25, 0.3) is 0 Å². The summed E-state index contributed by atoms with van der Waals surface area (Å²) < 4.78 is 5.49. The van der Waals surface area contributed by atoms with E-state index in [9.17, 15) is 4.79 Å². The second kappa shape index (κ2) is 11.5. The molecule has 0 bridgehead atoms. The SMILES string of the molecule is CCN(CC)c1ccc(CNC(=O)[C@H]2NCCO[C@@H]2C)cn1.Cl.Cl. The number of amides is 1. The molecule has 24 heavy (non-hydrogen) atoms. The first kappa shape index (κ1) is 22.9. The molecule has 1 aromatic rings. The van der Waals surface area contributed by atoms with E-state index < -0.39 is 0 Å². The zero-order valence-electron chi connectivity index (χ0n) is 14.4. The molecule has 0 aromatic carbocycles. The number of ether oxygens (including phenoxy) is 1. The summed E-state index contributed by atoms with van der Waals surface area (Å²) in [6.07, 6.45) is 1.72. The van der Waals surface area contributed by atoms with Crippen LogP contribution in [-0.2, 0) is 16.1 Å². The first-order valence-corrected chi connectivity index (χ1v) is 7.98. The van der Waals surface area contributed by atoms with E-state index >= 15 is 0 Å². The van der Waals surface area contributed by atoms with Crippen molar-refractivity contribution in [2.24, 2.45) is 0 Å². The minimum absolute atomic E-state index is 0. The van der Waals surface area contributed by atoms with Crippen molar-refractivity contribution in [3.8, 4) is 0 Å². The Balaban J connectivity index is 0.00000264. The number of halogens is 2. The molecule has 0 spiro atoms. The van der Waals surface area contributed by atoms with E-state index in [-0.39, 0.29) is 42.9 Å². The van der Waals surface area contributed by atoms with Crippen LogP contribution in [0.25, 0.3) is 0 Å². The molecule has 1 amide bonds. The summed E-state index contributed by atoms with van der Waals surface area (Å²) in [6, 6.07) is 3.73. The number of hydrogen-bond donors (Lipinski definition) is 2. The van der Waals surface area contributed by atoms with Gasteiger partial charge in [0.1, 0.15) is 11.9 Å². The van der Waals surface area contributed by atoms with E-state index in [4.69, 9.17) is 4.74 Å². The maximum Gasteiger partial charge on any atom is 0.240 e. The number of anilines is 1. The van der Waals surface area contributed by atoms with Gasteiger partial charge < -0.3 is 20.3 Å². The lowest BCUT2D eigenvalue weighted by atomic mass is 10.1. The van der Waals surface area contributed by atoms with Crippen molar-refractivity contribution in [2.45, 2.75) is 39.5 Å². The van der Waals surface area contributed by atoms with E-state index in [0.29, 0.717) is 19.7 Å². The van der Waals surface area contributed by atoms with Gasteiger partial charge in [0, 0.05) is 32.4 Å². The smallest absolute Gasteiger partial charge is 0.240 e. The van der Waals surface area contributed by atoms with E-state index in [1.54, 1.807) is 0 Å². The predicted octanol–water partition coefficient (Wildman–Crippen LogP) is 1.76. The van der Waals surface area contributed by atoms with Crippen molar-refractivity contribution >= 4 is 36.5 Å². The van der Waals surface area contributed by atoms with Gasteiger partial charge in [0.2, 0.25) is 5.91 Å². The van der Waals surface area contributed by atoms with Crippen LogP contribution in [0.5, 0.6) is 0 Å². The highest BCUT2D eigenvalue weighted by Gasteiger charge is 2.27. The van der Waals surface area contributed by atoms with Crippen LogP contribution in [-0.4, -0.2) is 49.3 Å². The minimum atomic E-state index is -0.281. The molecule has 1 aromatic heterocycles. The molecule has 138 valence electrons. The molecule has 2 heterocycles. The fourth-order valence-electron chi connectivity index (χ4n) is 2.58. The zero-order chi connectivity index (χ0) is 15.9. The molecule has 2 rings (SSSR count). The number of carbonyl (C=O) groups excluding carboxylic acids is 1. The maximum atomic E-state index is 12.2. The fourth-order valence-corrected chi connectivity index (χ4v) is 2.58. The largest absolute Gasteiger partial charge is 0.375 e. The number of nitrogens with zero attached hydrogens (tertiary/aromatic N) is 2. The van der Waals surface area contributed by atoms with E-state index in [1.165, 1.54) is 0 Å². The molecule has 1 aliphatic rings. The fraction of sp³-hybridized carbons (Fsp3) is 0.625. The zero-order valence-corrected chi connectivity index (χ0v) is 16.1. The molecular formula is C16H28Cl2N4O2. The maximum absolute atomic E-state index is 12.2. The van der Waals surface area contributed by atoms with Crippen LogP contribution < -0.4 is 15.5 Å². The van der Waals surface area contributed by atoms with Crippen molar-refractivity contribution in [2.75, 3.05) is 31.1 Å². The Morgan fingerprint density at radius 2 is 2.08 bits per heavy atom. The van der Waals surface area contributed by atoms with Gasteiger partial charge >= 0.3 is 0 Å². The second-order valence-corrected chi connectivity index (χ2v) is 5.42. The molecule has 6 nitrogen and oxygen atoms in total. The topological polar surface area (TPSA) is 66.5 Å². The van der Waals surface area contributed by atoms with Gasteiger partial charge in [-0.15, -0.1) is 24.8 Å². The normalized spacial score (nSPS) is 19.6. The van der Waals surface area contributed by atoms with E-state index in [2.05, 4.69) is 34.4 Å². The lowest BCUT2D eigenvalue weighted by Gasteiger charge is -2.29. The van der Waals surface area contributed by atoms with Crippen molar-refractivity contribution in [3.63, 3.8) is 0 Å². The van der Waals surface area contributed by atoms with Gasteiger partial charge in [0.05, 0.1) is 12.7 Å². The highest BCUT2D eigenvalue weighted by Crippen LogP contribution is 2.11. The molecule has 8 heteroatoms. The molecule has 0 radical (unpaired) electrons. The number of nitrogens with one attached hydrogen (secondary N) is 2. The number of aromatic nitrogens is 1. The molecule has 0 unspecified atom stereocenters. The number of pyridine rings is 1. The summed E-state index contributed by atoms with van der Waals surface area (Å²) in [5.41, 5.74) is 0.994. The molecule has 0 saturated carbocycles. The predicted molar refractivity (Wildman–Crippen MR) is 101 cm³/mol. The average molecular weight is 379 g/mol. The van der Waals surface area contributed by atoms with Crippen LogP contribution in [0.4, 0.5) is 5.82 Å². The third-order valence-corrected chi connectivity index (χ3v) is 3.96. The average Bonchev–Trinajstić information content (AvgIpc) is 2.55. The highest BCUT2D eigenvalue weighted by molar-refractivity contribution is 5.85.